The fourth-order valence-corrected chi connectivity index (χ4v) is 3.25. The lowest BCUT2D eigenvalue weighted by atomic mass is 10.0. The van der Waals surface area contributed by atoms with Gasteiger partial charge in [-0.05, 0) is 42.3 Å². The van der Waals surface area contributed by atoms with Gasteiger partial charge in [-0.25, -0.2) is 0 Å². The van der Waals surface area contributed by atoms with Gasteiger partial charge in [0.1, 0.15) is 6.04 Å². The molecule has 2 aromatic rings. The van der Waals surface area contributed by atoms with E-state index in [1.165, 1.54) is 11.3 Å². The van der Waals surface area contributed by atoms with Gasteiger partial charge in [0, 0.05) is 5.69 Å². The van der Waals surface area contributed by atoms with Crippen LogP contribution in [-0.2, 0) is 9.59 Å². The predicted octanol–water partition coefficient (Wildman–Crippen LogP) is 2.87. The zero-order valence-corrected chi connectivity index (χ0v) is 16.8. The molecular formula is C20H25N3O3S. The second-order valence-electron chi connectivity index (χ2n) is 6.71. The lowest BCUT2D eigenvalue weighted by Crippen LogP contribution is -2.50. The van der Waals surface area contributed by atoms with Crippen molar-refractivity contribution in [3.63, 3.8) is 0 Å². The normalized spacial score (nSPS) is 11.7. The number of carbonyl (C=O) groups excluding carboxylic acids is 3. The number of hydrogen-bond donors (Lipinski definition) is 3. The highest BCUT2D eigenvalue weighted by atomic mass is 32.1. The molecule has 0 radical (unpaired) electrons. The van der Waals surface area contributed by atoms with E-state index in [0.29, 0.717) is 4.88 Å². The number of nitrogens with one attached hydrogen (secondary N) is 3. The largest absolute Gasteiger partial charge is 0.345 e. The predicted molar refractivity (Wildman–Crippen MR) is 108 cm³/mol. The van der Waals surface area contributed by atoms with Crippen molar-refractivity contribution in [1.29, 1.82) is 0 Å². The zero-order chi connectivity index (χ0) is 20.0. The fraction of sp³-hybridized carbons (Fsp3) is 0.350. The fourth-order valence-electron chi connectivity index (χ4n) is 2.63. The van der Waals surface area contributed by atoms with Gasteiger partial charge in [-0.15, -0.1) is 11.3 Å². The summed E-state index contributed by atoms with van der Waals surface area (Å²) in [5.41, 5.74) is 2.67. The number of rotatable bonds is 7. The molecule has 0 saturated heterocycles. The Morgan fingerprint density at radius 3 is 2.26 bits per heavy atom. The van der Waals surface area contributed by atoms with E-state index in [2.05, 4.69) is 16.0 Å². The summed E-state index contributed by atoms with van der Waals surface area (Å²) in [5.74, 6) is -1.10. The number of aryl methyl sites for hydroxylation is 2. The van der Waals surface area contributed by atoms with Crippen LogP contribution >= 0.6 is 11.3 Å². The minimum atomic E-state index is -0.715. The van der Waals surface area contributed by atoms with Crippen molar-refractivity contribution < 1.29 is 14.4 Å². The first-order valence-corrected chi connectivity index (χ1v) is 9.65. The van der Waals surface area contributed by atoms with Gasteiger partial charge in [0.05, 0.1) is 11.4 Å². The number of amides is 3. The van der Waals surface area contributed by atoms with E-state index in [4.69, 9.17) is 0 Å². The third-order valence-corrected chi connectivity index (χ3v) is 5.02. The first-order chi connectivity index (χ1) is 12.8. The van der Waals surface area contributed by atoms with Crippen LogP contribution in [0.1, 0.15) is 34.6 Å². The Morgan fingerprint density at radius 1 is 1.04 bits per heavy atom. The first kappa shape index (κ1) is 20.6. The second-order valence-corrected chi connectivity index (χ2v) is 7.65. The summed E-state index contributed by atoms with van der Waals surface area (Å²) in [6, 6.07) is 8.51. The molecule has 0 saturated carbocycles. The number of thiophene rings is 1. The standard InChI is InChI=1S/C20H25N3O3S/c1-12(2)17(23-19(25)15-9-6-10-27-15)20(26)21-11-16(24)22-18-13(3)7-5-8-14(18)4/h5-10,12,17H,11H2,1-4H3,(H,21,26)(H,22,24)(H,23,25)/t17-/m1/s1. The Morgan fingerprint density at radius 2 is 1.70 bits per heavy atom. The Labute approximate surface area is 163 Å². The summed E-state index contributed by atoms with van der Waals surface area (Å²) >= 11 is 1.31. The maximum atomic E-state index is 12.5. The smallest absolute Gasteiger partial charge is 0.262 e. The molecule has 1 atom stereocenters. The van der Waals surface area contributed by atoms with Gasteiger partial charge in [-0.2, -0.15) is 0 Å². The van der Waals surface area contributed by atoms with Crippen LogP contribution in [0.3, 0.4) is 0 Å². The van der Waals surface area contributed by atoms with Crippen molar-refractivity contribution in [3.8, 4) is 0 Å². The topological polar surface area (TPSA) is 87.3 Å². The summed E-state index contributed by atoms with van der Waals surface area (Å²) in [6.07, 6.45) is 0. The van der Waals surface area contributed by atoms with Gasteiger partial charge in [-0.3, -0.25) is 14.4 Å². The highest BCUT2D eigenvalue weighted by Crippen LogP contribution is 2.19. The van der Waals surface area contributed by atoms with Crippen LogP contribution in [0.5, 0.6) is 0 Å². The molecule has 0 spiro atoms. The Kier molecular flexibility index (Phi) is 7.12. The Bertz CT molecular complexity index is 796. The van der Waals surface area contributed by atoms with E-state index in [-0.39, 0.29) is 30.2 Å². The van der Waals surface area contributed by atoms with Gasteiger partial charge in [0.15, 0.2) is 0 Å². The molecule has 3 amide bonds. The molecular weight excluding hydrogens is 362 g/mol. The van der Waals surface area contributed by atoms with E-state index in [1.807, 2.05) is 45.9 Å². The van der Waals surface area contributed by atoms with Gasteiger partial charge >= 0.3 is 0 Å². The Hall–Kier alpha value is -2.67. The summed E-state index contributed by atoms with van der Waals surface area (Å²) < 4.78 is 0. The molecule has 0 unspecified atom stereocenters. The molecule has 0 bridgehead atoms. The minimum Gasteiger partial charge on any atom is -0.345 e. The van der Waals surface area contributed by atoms with Crippen molar-refractivity contribution in [2.24, 2.45) is 5.92 Å². The summed E-state index contributed by atoms with van der Waals surface area (Å²) in [5, 5.41) is 9.98. The highest BCUT2D eigenvalue weighted by Gasteiger charge is 2.25. The van der Waals surface area contributed by atoms with Crippen molar-refractivity contribution in [2.45, 2.75) is 33.7 Å². The molecule has 1 aromatic carbocycles. The summed E-state index contributed by atoms with van der Waals surface area (Å²) in [7, 11) is 0. The number of hydrogen-bond acceptors (Lipinski definition) is 4. The molecule has 0 aliphatic heterocycles. The van der Waals surface area contributed by atoms with Gasteiger partial charge in [0.25, 0.3) is 5.91 Å². The van der Waals surface area contributed by atoms with E-state index in [0.717, 1.165) is 16.8 Å². The van der Waals surface area contributed by atoms with Crippen molar-refractivity contribution >= 4 is 34.7 Å². The van der Waals surface area contributed by atoms with Gasteiger partial charge in [-0.1, -0.05) is 38.1 Å². The molecule has 0 aliphatic carbocycles. The molecule has 7 heteroatoms. The van der Waals surface area contributed by atoms with Gasteiger partial charge in [0.2, 0.25) is 11.8 Å². The van der Waals surface area contributed by atoms with Crippen LogP contribution in [0.4, 0.5) is 5.69 Å². The maximum Gasteiger partial charge on any atom is 0.262 e. The van der Waals surface area contributed by atoms with E-state index in [9.17, 15) is 14.4 Å². The molecule has 0 aliphatic rings. The maximum absolute atomic E-state index is 12.5. The van der Waals surface area contributed by atoms with Crippen molar-refractivity contribution in [2.75, 3.05) is 11.9 Å². The van der Waals surface area contributed by atoms with E-state index < -0.39 is 6.04 Å². The van der Waals surface area contributed by atoms with Crippen LogP contribution in [0.15, 0.2) is 35.7 Å². The van der Waals surface area contributed by atoms with Crippen LogP contribution in [0, 0.1) is 19.8 Å². The molecule has 6 nitrogen and oxygen atoms in total. The average Bonchev–Trinajstić information content (AvgIpc) is 3.15. The quantitative estimate of drug-likeness (QED) is 0.683. The van der Waals surface area contributed by atoms with Crippen LogP contribution in [0.2, 0.25) is 0 Å². The number of benzene rings is 1. The van der Waals surface area contributed by atoms with Crippen LogP contribution in [0.25, 0.3) is 0 Å². The summed E-state index contributed by atoms with van der Waals surface area (Å²) in [6.45, 7) is 7.35. The van der Waals surface area contributed by atoms with E-state index in [1.54, 1.807) is 17.5 Å². The van der Waals surface area contributed by atoms with Gasteiger partial charge < -0.3 is 16.0 Å². The molecule has 3 N–H and O–H groups in total. The molecule has 144 valence electrons. The molecule has 1 aromatic heterocycles. The third-order valence-electron chi connectivity index (χ3n) is 4.15. The first-order valence-electron chi connectivity index (χ1n) is 8.77. The minimum absolute atomic E-state index is 0.115. The number of anilines is 1. The average molecular weight is 388 g/mol. The molecule has 2 rings (SSSR count). The van der Waals surface area contributed by atoms with E-state index >= 15 is 0 Å². The lowest BCUT2D eigenvalue weighted by Gasteiger charge is -2.21. The summed E-state index contributed by atoms with van der Waals surface area (Å²) in [4.78, 5) is 37.5. The monoisotopic (exact) mass is 387 g/mol. The zero-order valence-electron chi connectivity index (χ0n) is 16.0. The number of carbonyl (C=O) groups is 3. The number of para-hydroxylation sites is 1. The van der Waals surface area contributed by atoms with Crippen LogP contribution < -0.4 is 16.0 Å². The molecule has 27 heavy (non-hydrogen) atoms. The molecule has 0 fully saturated rings. The Balaban J connectivity index is 1.93. The van der Waals surface area contributed by atoms with Crippen molar-refractivity contribution in [3.05, 3.63) is 51.7 Å². The van der Waals surface area contributed by atoms with Crippen molar-refractivity contribution in [1.82, 2.24) is 10.6 Å². The third kappa shape index (κ3) is 5.65. The van der Waals surface area contributed by atoms with Crippen LogP contribution in [-0.4, -0.2) is 30.3 Å². The highest BCUT2D eigenvalue weighted by molar-refractivity contribution is 7.12. The second kappa shape index (κ2) is 9.32. The molecule has 1 heterocycles. The lowest BCUT2D eigenvalue weighted by molar-refractivity contribution is -0.126. The SMILES string of the molecule is Cc1cccc(C)c1NC(=O)CNC(=O)[C@H](NC(=O)c1cccs1)C(C)C.